The van der Waals surface area contributed by atoms with Crippen LogP contribution in [0.1, 0.15) is 28.9 Å². The summed E-state index contributed by atoms with van der Waals surface area (Å²) in [4.78, 5) is 24.8. The van der Waals surface area contributed by atoms with Crippen LogP contribution in [0.2, 0.25) is 0 Å². The molecule has 0 radical (unpaired) electrons. The number of ether oxygens (including phenoxy) is 2. The number of sulfonamides is 1. The van der Waals surface area contributed by atoms with Crippen molar-refractivity contribution in [2.45, 2.75) is 17.9 Å². The minimum absolute atomic E-state index is 0.00164. The molecule has 1 aliphatic rings. The average molecular weight is 483 g/mol. The second kappa shape index (κ2) is 10.3. The molecule has 1 amide bonds. The lowest BCUT2D eigenvalue weighted by Gasteiger charge is -2.26. The third kappa shape index (κ3) is 5.44. The zero-order chi connectivity index (χ0) is 24.1. The average Bonchev–Trinajstić information content (AvgIpc) is 2.87. The number of esters is 1. The van der Waals surface area contributed by atoms with Gasteiger partial charge in [0.1, 0.15) is 0 Å². The molecular weight excluding hydrogens is 456 g/mol. The van der Waals surface area contributed by atoms with Crippen molar-refractivity contribution in [3.8, 4) is 0 Å². The van der Waals surface area contributed by atoms with Crippen LogP contribution in [0.3, 0.4) is 0 Å². The lowest BCUT2D eigenvalue weighted by Crippen LogP contribution is -2.40. The maximum Gasteiger partial charge on any atom is 0.338 e. The van der Waals surface area contributed by atoms with Gasteiger partial charge in [0.25, 0.3) is 5.91 Å². The lowest BCUT2D eigenvalue weighted by atomic mass is 10.0. The molecule has 34 heavy (non-hydrogen) atoms. The Balaban J connectivity index is 1.35. The van der Waals surface area contributed by atoms with E-state index in [0.717, 1.165) is 16.3 Å². The van der Waals surface area contributed by atoms with Crippen LogP contribution in [-0.2, 0) is 24.3 Å². The van der Waals surface area contributed by atoms with Crippen LogP contribution >= 0.6 is 0 Å². The Morgan fingerprint density at radius 2 is 1.74 bits per heavy atom. The highest BCUT2D eigenvalue weighted by Gasteiger charge is 2.27. The summed E-state index contributed by atoms with van der Waals surface area (Å²) < 4.78 is 37.3. The maximum atomic E-state index is 12.8. The molecule has 178 valence electrons. The Morgan fingerprint density at radius 3 is 2.50 bits per heavy atom. The minimum atomic E-state index is -3.75. The highest BCUT2D eigenvalue weighted by Crippen LogP contribution is 2.21. The van der Waals surface area contributed by atoms with Gasteiger partial charge in [0.05, 0.1) is 29.7 Å². The number of nitrogens with zero attached hydrogens (tertiary/aromatic N) is 1. The molecule has 1 heterocycles. The number of rotatable bonds is 7. The van der Waals surface area contributed by atoms with E-state index in [1.807, 2.05) is 49.4 Å². The van der Waals surface area contributed by atoms with Gasteiger partial charge in [0.15, 0.2) is 6.61 Å². The number of benzene rings is 3. The van der Waals surface area contributed by atoms with E-state index < -0.39 is 28.5 Å². The van der Waals surface area contributed by atoms with E-state index in [9.17, 15) is 18.0 Å². The summed E-state index contributed by atoms with van der Waals surface area (Å²) >= 11 is 0. The molecule has 3 aromatic rings. The summed E-state index contributed by atoms with van der Waals surface area (Å²) in [6.07, 6.45) is 0. The first-order valence-electron chi connectivity index (χ1n) is 11.0. The van der Waals surface area contributed by atoms with E-state index in [-0.39, 0.29) is 29.6 Å². The number of hydrogen-bond donors (Lipinski definition) is 1. The highest BCUT2D eigenvalue weighted by molar-refractivity contribution is 7.89. The van der Waals surface area contributed by atoms with Crippen LogP contribution in [0.4, 0.5) is 0 Å². The summed E-state index contributed by atoms with van der Waals surface area (Å²) in [7, 11) is -3.75. The minimum Gasteiger partial charge on any atom is -0.452 e. The van der Waals surface area contributed by atoms with Gasteiger partial charge >= 0.3 is 5.97 Å². The van der Waals surface area contributed by atoms with Crippen LogP contribution in [0.25, 0.3) is 10.8 Å². The number of carbonyl (C=O) groups excluding carboxylic acids is 2. The van der Waals surface area contributed by atoms with Crippen LogP contribution < -0.4 is 5.32 Å². The van der Waals surface area contributed by atoms with Gasteiger partial charge < -0.3 is 14.8 Å². The van der Waals surface area contributed by atoms with Crippen molar-refractivity contribution in [3.05, 3.63) is 77.9 Å². The van der Waals surface area contributed by atoms with Gasteiger partial charge in [0, 0.05) is 13.1 Å². The quantitative estimate of drug-likeness (QED) is 0.520. The molecule has 1 saturated heterocycles. The van der Waals surface area contributed by atoms with Crippen LogP contribution in [0, 0.1) is 0 Å². The number of carbonyl (C=O) groups is 2. The molecule has 0 saturated carbocycles. The molecule has 0 aromatic heterocycles. The smallest absolute Gasteiger partial charge is 0.338 e. The molecule has 1 aliphatic heterocycles. The van der Waals surface area contributed by atoms with Gasteiger partial charge in [-0.3, -0.25) is 4.79 Å². The molecule has 1 atom stereocenters. The van der Waals surface area contributed by atoms with E-state index in [1.165, 1.54) is 28.6 Å². The Labute approximate surface area is 198 Å². The van der Waals surface area contributed by atoms with Crippen molar-refractivity contribution in [2.75, 3.05) is 32.9 Å². The first-order chi connectivity index (χ1) is 16.3. The number of hydrogen-bond acceptors (Lipinski definition) is 6. The number of nitrogens with one attached hydrogen (secondary N) is 1. The van der Waals surface area contributed by atoms with Crippen molar-refractivity contribution in [3.63, 3.8) is 0 Å². The van der Waals surface area contributed by atoms with E-state index >= 15 is 0 Å². The van der Waals surface area contributed by atoms with Gasteiger partial charge in [-0.15, -0.1) is 0 Å². The monoisotopic (exact) mass is 482 g/mol. The summed E-state index contributed by atoms with van der Waals surface area (Å²) in [6.45, 7) is 2.54. The van der Waals surface area contributed by atoms with Gasteiger partial charge in [0.2, 0.25) is 10.0 Å². The van der Waals surface area contributed by atoms with E-state index in [1.54, 1.807) is 0 Å². The van der Waals surface area contributed by atoms with E-state index in [0.29, 0.717) is 13.2 Å². The molecule has 3 aromatic carbocycles. The van der Waals surface area contributed by atoms with Crippen LogP contribution in [-0.4, -0.2) is 57.5 Å². The summed E-state index contributed by atoms with van der Waals surface area (Å²) in [5.41, 5.74) is 0.990. The summed E-state index contributed by atoms with van der Waals surface area (Å²) in [5, 5.41) is 4.99. The largest absolute Gasteiger partial charge is 0.452 e. The zero-order valence-electron chi connectivity index (χ0n) is 18.8. The van der Waals surface area contributed by atoms with E-state index in [4.69, 9.17) is 9.47 Å². The van der Waals surface area contributed by atoms with Gasteiger partial charge in [-0.05, 0) is 47.5 Å². The standard InChI is InChI=1S/C25H26N2O6S/c1-18(20-10-9-19-5-2-3-6-21(19)15-20)26-24(28)17-33-25(29)22-7-4-8-23(16-22)34(30,31)27-11-13-32-14-12-27/h2-10,15-16,18H,11-14,17H2,1H3,(H,26,28). The van der Waals surface area contributed by atoms with Gasteiger partial charge in [-0.2, -0.15) is 4.31 Å². The van der Waals surface area contributed by atoms with Crippen molar-refractivity contribution >= 4 is 32.7 Å². The van der Waals surface area contributed by atoms with Crippen molar-refractivity contribution in [2.24, 2.45) is 0 Å². The fourth-order valence-electron chi connectivity index (χ4n) is 3.78. The van der Waals surface area contributed by atoms with Crippen LogP contribution in [0.15, 0.2) is 71.6 Å². The molecule has 9 heteroatoms. The maximum absolute atomic E-state index is 12.8. The molecule has 1 N–H and O–H groups in total. The Morgan fingerprint density at radius 1 is 1.00 bits per heavy atom. The van der Waals surface area contributed by atoms with E-state index in [2.05, 4.69) is 5.32 Å². The number of morpholine rings is 1. The summed E-state index contributed by atoms with van der Waals surface area (Å²) in [5.74, 6) is -1.22. The van der Waals surface area contributed by atoms with Crippen molar-refractivity contribution in [1.29, 1.82) is 0 Å². The third-order valence-corrected chi connectivity index (χ3v) is 7.56. The first kappa shape index (κ1) is 23.9. The molecule has 0 bridgehead atoms. The molecule has 1 fully saturated rings. The topological polar surface area (TPSA) is 102 Å². The second-order valence-electron chi connectivity index (χ2n) is 8.02. The SMILES string of the molecule is CC(NC(=O)COC(=O)c1cccc(S(=O)(=O)N2CCOCC2)c1)c1ccc2ccccc2c1. The van der Waals surface area contributed by atoms with Gasteiger partial charge in [-0.25, -0.2) is 13.2 Å². The first-order valence-corrected chi connectivity index (χ1v) is 12.4. The number of amides is 1. The molecule has 0 spiro atoms. The number of fused-ring (bicyclic) bond motifs is 1. The molecule has 0 aliphatic carbocycles. The fraction of sp³-hybridized carbons (Fsp3) is 0.280. The molecular formula is C25H26N2O6S. The predicted molar refractivity (Wildman–Crippen MR) is 127 cm³/mol. The lowest BCUT2D eigenvalue weighted by molar-refractivity contribution is -0.124. The van der Waals surface area contributed by atoms with Gasteiger partial charge in [-0.1, -0.05) is 42.5 Å². The highest BCUT2D eigenvalue weighted by atomic mass is 32.2. The fourth-order valence-corrected chi connectivity index (χ4v) is 5.23. The summed E-state index contributed by atoms with van der Waals surface area (Å²) in [6, 6.07) is 19.2. The zero-order valence-corrected chi connectivity index (χ0v) is 19.6. The molecule has 4 rings (SSSR count). The molecule has 8 nitrogen and oxygen atoms in total. The Bertz CT molecular complexity index is 1300. The Hall–Kier alpha value is -3.27. The van der Waals surface area contributed by atoms with Crippen molar-refractivity contribution < 1.29 is 27.5 Å². The second-order valence-corrected chi connectivity index (χ2v) is 9.95. The molecule has 1 unspecified atom stereocenters. The van der Waals surface area contributed by atoms with Crippen LogP contribution in [0.5, 0.6) is 0 Å². The van der Waals surface area contributed by atoms with Crippen molar-refractivity contribution in [1.82, 2.24) is 9.62 Å². The Kier molecular flexibility index (Phi) is 7.26. The normalized spacial score (nSPS) is 15.6. The predicted octanol–water partition coefficient (Wildman–Crippen LogP) is 2.89. The third-order valence-electron chi connectivity index (χ3n) is 5.66.